The number of primary sulfonamides is 1. The normalized spacial score (nSPS) is 32.6. The molecule has 8 heteroatoms. The highest BCUT2D eigenvalue weighted by Gasteiger charge is 2.55. The van der Waals surface area contributed by atoms with Crippen LogP contribution in [0.1, 0.15) is 15.9 Å². The van der Waals surface area contributed by atoms with Gasteiger partial charge in [0.25, 0.3) is 5.91 Å². The van der Waals surface area contributed by atoms with Crippen molar-refractivity contribution in [3.05, 3.63) is 65.7 Å². The number of rotatable bonds is 4. The Kier molecular flexibility index (Phi) is 4.70. The molecule has 3 N–H and O–H groups in total. The van der Waals surface area contributed by atoms with Gasteiger partial charge in [-0.1, -0.05) is 30.3 Å². The maximum absolute atomic E-state index is 13.1. The van der Waals surface area contributed by atoms with Crippen LogP contribution in [0.4, 0.5) is 0 Å². The maximum Gasteiger partial charge on any atom is 0.251 e. The number of sulfonamides is 1. The van der Waals surface area contributed by atoms with Gasteiger partial charge in [-0.25, -0.2) is 13.6 Å². The molecule has 6 rings (SSSR count). The van der Waals surface area contributed by atoms with Crippen molar-refractivity contribution in [3.8, 4) is 0 Å². The van der Waals surface area contributed by atoms with Crippen LogP contribution in [0.25, 0.3) is 0 Å². The topological polar surface area (TPSA) is 95.7 Å². The lowest BCUT2D eigenvalue weighted by atomic mass is 9.64. The van der Waals surface area contributed by atoms with Crippen LogP contribution in [-0.2, 0) is 15.4 Å². The molecule has 4 saturated heterocycles. The van der Waals surface area contributed by atoms with Crippen molar-refractivity contribution in [1.82, 2.24) is 15.1 Å². The molecule has 2 aromatic carbocycles. The van der Waals surface area contributed by atoms with Crippen LogP contribution < -0.4 is 10.5 Å². The van der Waals surface area contributed by atoms with Crippen molar-refractivity contribution in [1.29, 1.82) is 0 Å². The summed E-state index contributed by atoms with van der Waals surface area (Å²) >= 11 is 0. The molecule has 4 aliphatic rings. The van der Waals surface area contributed by atoms with E-state index in [9.17, 15) is 13.2 Å². The lowest BCUT2D eigenvalue weighted by molar-refractivity contribution is 0.0180. The van der Waals surface area contributed by atoms with E-state index in [0.717, 1.165) is 39.3 Å². The zero-order valence-corrected chi connectivity index (χ0v) is 17.5. The lowest BCUT2D eigenvalue weighted by Gasteiger charge is -2.55. The van der Waals surface area contributed by atoms with Crippen molar-refractivity contribution in [3.63, 3.8) is 0 Å². The number of hydrogen-bond acceptors (Lipinski definition) is 5. The molecule has 3 atom stereocenters. The van der Waals surface area contributed by atoms with Crippen LogP contribution in [-0.4, -0.2) is 69.4 Å². The van der Waals surface area contributed by atoms with E-state index in [1.807, 2.05) is 6.07 Å². The third-order valence-electron chi connectivity index (χ3n) is 6.88. The zero-order chi connectivity index (χ0) is 20.9. The minimum atomic E-state index is -3.78. The van der Waals surface area contributed by atoms with Gasteiger partial charge in [0.1, 0.15) is 0 Å². The fourth-order valence-corrected chi connectivity index (χ4v) is 6.10. The molecule has 0 saturated carbocycles. The van der Waals surface area contributed by atoms with Gasteiger partial charge in [-0.05, 0) is 29.8 Å². The summed E-state index contributed by atoms with van der Waals surface area (Å²) in [4.78, 5) is 18.2. The van der Waals surface area contributed by atoms with Gasteiger partial charge in [0, 0.05) is 62.2 Å². The summed E-state index contributed by atoms with van der Waals surface area (Å²) < 4.78 is 23.0. The highest BCUT2D eigenvalue weighted by Crippen LogP contribution is 2.43. The molecule has 7 nitrogen and oxygen atoms in total. The molecule has 2 aromatic rings. The standard InChI is InChI=1S/C22H26N4O3S/c23-30(28,29)19-8-6-16(7-9-19)21(27)24-20-17-12-25-10-11-26(13-17)15-22(20,14-25)18-4-2-1-3-5-18/h1-9,17,20H,10-15H2,(H,24,27)(H2,23,28,29). The number of nitrogens with one attached hydrogen (secondary N) is 1. The minimum Gasteiger partial charge on any atom is -0.348 e. The number of carbonyl (C=O) groups is 1. The Morgan fingerprint density at radius 1 is 0.967 bits per heavy atom. The van der Waals surface area contributed by atoms with Crippen LogP contribution in [0.5, 0.6) is 0 Å². The number of nitrogens with two attached hydrogens (primary N) is 1. The molecular weight excluding hydrogens is 400 g/mol. The number of carbonyl (C=O) groups excluding carboxylic acids is 1. The smallest absolute Gasteiger partial charge is 0.251 e. The fraction of sp³-hybridized carbons (Fsp3) is 0.409. The predicted octanol–water partition coefficient (Wildman–Crippen LogP) is 0.631. The maximum atomic E-state index is 13.1. The van der Waals surface area contributed by atoms with Gasteiger partial charge in [-0.2, -0.15) is 0 Å². The Morgan fingerprint density at radius 3 is 2.13 bits per heavy atom. The fourth-order valence-electron chi connectivity index (χ4n) is 5.59. The van der Waals surface area contributed by atoms with Gasteiger partial charge in [0.15, 0.2) is 0 Å². The van der Waals surface area contributed by atoms with E-state index in [-0.39, 0.29) is 22.3 Å². The van der Waals surface area contributed by atoms with Crippen molar-refractivity contribution >= 4 is 15.9 Å². The Balaban J connectivity index is 1.47. The molecule has 4 bridgehead atoms. The summed E-state index contributed by atoms with van der Waals surface area (Å²) in [6.45, 7) is 5.97. The Bertz CT molecular complexity index is 1040. The van der Waals surface area contributed by atoms with E-state index in [0.29, 0.717) is 11.5 Å². The summed E-state index contributed by atoms with van der Waals surface area (Å²) in [6, 6.07) is 16.4. The summed E-state index contributed by atoms with van der Waals surface area (Å²) in [7, 11) is -3.78. The second kappa shape index (κ2) is 7.16. The minimum absolute atomic E-state index is 0.00603. The molecule has 0 spiro atoms. The quantitative estimate of drug-likeness (QED) is 0.748. The molecule has 3 unspecified atom stereocenters. The summed E-state index contributed by atoms with van der Waals surface area (Å²) in [6.07, 6.45) is 0. The van der Waals surface area contributed by atoms with E-state index in [1.165, 1.54) is 29.8 Å². The van der Waals surface area contributed by atoms with Gasteiger partial charge in [-0.3, -0.25) is 4.79 Å². The van der Waals surface area contributed by atoms with E-state index < -0.39 is 10.0 Å². The second-order valence-electron chi connectivity index (χ2n) is 8.77. The van der Waals surface area contributed by atoms with Crippen LogP contribution in [0.2, 0.25) is 0 Å². The molecule has 30 heavy (non-hydrogen) atoms. The van der Waals surface area contributed by atoms with E-state index >= 15 is 0 Å². The van der Waals surface area contributed by atoms with E-state index in [4.69, 9.17) is 5.14 Å². The summed E-state index contributed by atoms with van der Waals surface area (Å²) in [5.74, 6) is 0.176. The molecular formula is C22H26N4O3S. The van der Waals surface area contributed by atoms with Crippen molar-refractivity contribution in [2.24, 2.45) is 11.1 Å². The van der Waals surface area contributed by atoms with Gasteiger partial charge in [-0.15, -0.1) is 0 Å². The van der Waals surface area contributed by atoms with Crippen LogP contribution >= 0.6 is 0 Å². The highest BCUT2D eigenvalue weighted by molar-refractivity contribution is 7.89. The van der Waals surface area contributed by atoms with Gasteiger partial charge < -0.3 is 15.1 Å². The molecule has 4 heterocycles. The SMILES string of the molecule is NS(=O)(=O)c1ccc(C(=O)NC2C3CN4CCN(C3)CC2(c2ccccc2)C4)cc1. The van der Waals surface area contributed by atoms with E-state index in [1.54, 1.807) is 0 Å². The highest BCUT2D eigenvalue weighted by atomic mass is 32.2. The zero-order valence-electron chi connectivity index (χ0n) is 16.7. The van der Waals surface area contributed by atoms with Crippen molar-refractivity contribution in [2.45, 2.75) is 16.4 Å². The molecule has 4 fully saturated rings. The van der Waals surface area contributed by atoms with Crippen molar-refractivity contribution < 1.29 is 13.2 Å². The largest absolute Gasteiger partial charge is 0.348 e. The van der Waals surface area contributed by atoms with E-state index in [2.05, 4.69) is 39.4 Å². The first kappa shape index (κ1) is 19.7. The van der Waals surface area contributed by atoms with Crippen LogP contribution in [0, 0.1) is 5.92 Å². The first-order chi connectivity index (χ1) is 14.3. The van der Waals surface area contributed by atoms with Crippen LogP contribution in [0.3, 0.4) is 0 Å². The van der Waals surface area contributed by atoms with Crippen LogP contribution in [0.15, 0.2) is 59.5 Å². The Labute approximate surface area is 176 Å². The monoisotopic (exact) mass is 426 g/mol. The molecule has 1 amide bonds. The molecule has 158 valence electrons. The molecule has 0 aromatic heterocycles. The Hall–Kier alpha value is -2.26. The predicted molar refractivity (Wildman–Crippen MR) is 114 cm³/mol. The first-order valence-corrected chi connectivity index (χ1v) is 11.8. The first-order valence-electron chi connectivity index (χ1n) is 10.3. The van der Waals surface area contributed by atoms with Gasteiger partial charge >= 0.3 is 0 Å². The third kappa shape index (κ3) is 3.33. The molecule has 4 aliphatic heterocycles. The number of nitrogens with zero attached hydrogens (tertiary/aromatic N) is 2. The number of benzene rings is 2. The third-order valence-corrected chi connectivity index (χ3v) is 7.81. The van der Waals surface area contributed by atoms with Crippen molar-refractivity contribution in [2.75, 3.05) is 39.3 Å². The number of amides is 1. The summed E-state index contributed by atoms with van der Waals surface area (Å²) in [5.41, 5.74) is 1.55. The second-order valence-corrected chi connectivity index (χ2v) is 10.3. The average Bonchev–Trinajstić information content (AvgIpc) is 2.99. The summed E-state index contributed by atoms with van der Waals surface area (Å²) in [5, 5.41) is 8.50. The number of piperidine rings is 2. The lowest BCUT2D eigenvalue weighted by Crippen LogP contribution is -2.70. The molecule has 0 aliphatic carbocycles. The Morgan fingerprint density at radius 2 is 1.57 bits per heavy atom. The average molecular weight is 427 g/mol. The number of hydrogen-bond donors (Lipinski definition) is 2. The number of fused-ring (bicyclic) bond motifs is 1. The van der Waals surface area contributed by atoms with Gasteiger partial charge in [0.2, 0.25) is 10.0 Å². The van der Waals surface area contributed by atoms with Gasteiger partial charge in [0.05, 0.1) is 4.90 Å². The molecule has 0 radical (unpaired) electrons.